The summed E-state index contributed by atoms with van der Waals surface area (Å²) in [5.41, 5.74) is 4.80. The normalized spacial score (nSPS) is 16.0. The molecule has 0 saturated heterocycles. The third kappa shape index (κ3) is 3.38. The van der Waals surface area contributed by atoms with E-state index in [2.05, 4.69) is 22.0 Å². The van der Waals surface area contributed by atoms with Crippen LogP contribution in [0.1, 0.15) is 28.6 Å². The van der Waals surface area contributed by atoms with E-state index in [1.807, 2.05) is 13.0 Å². The molecule has 1 atom stereocenters. The summed E-state index contributed by atoms with van der Waals surface area (Å²) in [5, 5.41) is 11.5. The van der Waals surface area contributed by atoms with Crippen LogP contribution in [0, 0.1) is 12.7 Å². The molecular weight excluding hydrogens is 317 g/mol. The Morgan fingerprint density at radius 3 is 2.76 bits per heavy atom. The summed E-state index contributed by atoms with van der Waals surface area (Å²) in [5.74, 6) is -0.287. The zero-order valence-electron chi connectivity index (χ0n) is 14.1. The fraction of sp³-hybridized carbons (Fsp3) is 0.300. The quantitative estimate of drug-likeness (QED) is 0.797. The van der Waals surface area contributed by atoms with Crippen LogP contribution in [0.3, 0.4) is 0 Å². The Bertz CT molecular complexity index is 911. The molecule has 1 aliphatic heterocycles. The Balaban J connectivity index is 1.52. The number of hydrogen-bond donors (Lipinski definition) is 1. The van der Waals surface area contributed by atoms with Gasteiger partial charge in [-0.25, -0.2) is 14.4 Å². The molecule has 5 heteroatoms. The lowest BCUT2D eigenvalue weighted by Crippen LogP contribution is -2.34. The first-order chi connectivity index (χ1) is 12.1. The van der Waals surface area contributed by atoms with Gasteiger partial charge in [0.25, 0.3) is 0 Å². The molecule has 0 amide bonds. The summed E-state index contributed by atoms with van der Waals surface area (Å²) in [4.78, 5) is 11.4. The maximum absolute atomic E-state index is 13.0. The fourth-order valence-corrected chi connectivity index (χ4v) is 3.35. The number of aryl methyl sites for hydroxylation is 1. The highest BCUT2D eigenvalue weighted by Gasteiger charge is 2.21. The lowest BCUT2D eigenvalue weighted by atomic mass is 10.0. The van der Waals surface area contributed by atoms with Gasteiger partial charge < -0.3 is 5.11 Å². The molecule has 4 rings (SSSR count). The van der Waals surface area contributed by atoms with Crippen molar-refractivity contribution in [2.24, 2.45) is 0 Å². The van der Waals surface area contributed by atoms with Crippen LogP contribution in [0.5, 0.6) is 0 Å². The van der Waals surface area contributed by atoms with E-state index in [0.29, 0.717) is 6.54 Å². The number of fused-ring (bicyclic) bond motifs is 2. The first kappa shape index (κ1) is 16.1. The van der Waals surface area contributed by atoms with Crippen LogP contribution in [0.15, 0.2) is 42.5 Å². The van der Waals surface area contributed by atoms with Gasteiger partial charge in [-0.05, 0) is 48.4 Å². The Morgan fingerprint density at radius 1 is 1.16 bits per heavy atom. The van der Waals surface area contributed by atoms with Crippen LogP contribution in [-0.2, 0) is 13.0 Å². The number of halogens is 1. The smallest absolute Gasteiger partial charge is 0.159 e. The number of pyridine rings is 2. The van der Waals surface area contributed by atoms with Gasteiger partial charge in [0.15, 0.2) is 5.65 Å². The maximum Gasteiger partial charge on any atom is 0.159 e. The molecule has 0 spiro atoms. The average Bonchev–Trinajstić information content (AvgIpc) is 2.60. The molecule has 0 fully saturated rings. The van der Waals surface area contributed by atoms with Crippen LogP contribution in [0.4, 0.5) is 4.39 Å². The van der Waals surface area contributed by atoms with Crippen molar-refractivity contribution in [2.75, 3.05) is 13.1 Å². The Kier molecular flexibility index (Phi) is 4.19. The molecule has 1 unspecified atom stereocenters. The zero-order valence-corrected chi connectivity index (χ0v) is 14.1. The molecule has 0 saturated carbocycles. The largest absolute Gasteiger partial charge is 0.387 e. The minimum atomic E-state index is -0.625. The molecule has 25 heavy (non-hydrogen) atoms. The SMILES string of the molecule is Cc1ccc2cc3c(nc2n1)CCN(CC(O)c1ccc(F)cc1)C3. The van der Waals surface area contributed by atoms with Crippen LogP contribution < -0.4 is 0 Å². The van der Waals surface area contributed by atoms with Gasteiger partial charge in [-0.3, -0.25) is 4.90 Å². The second kappa shape index (κ2) is 6.50. The molecule has 128 valence electrons. The van der Waals surface area contributed by atoms with E-state index in [1.165, 1.54) is 17.7 Å². The van der Waals surface area contributed by atoms with Crippen molar-refractivity contribution in [2.45, 2.75) is 26.0 Å². The fourth-order valence-electron chi connectivity index (χ4n) is 3.35. The first-order valence-corrected chi connectivity index (χ1v) is 8.50. The number of nitrogens with zero attached hydrogens (tertiary/aromatic N) is 3. The van der Waals surface area contributed by atoms with Gasteiger partial charge in [-0.15, -0.1) is 0 Å². The number of aromatic nitrogens is 2. The van der Waals surface area contributed by atoms with Gasteiger partial charge in [0.2, 0.25) is 0 Å². The standard InChI is InChI=1S/C20H20FN3O/c1-13-2-3-15-10-16-11-24(9-8-18(16)23-20(15)22-13)12-19(25)14-4-6-17(21)7-5-14/h2-7,10,19,25H,8-9,11-12H2,1H3. The second-order valence-corrected chi connectivity index (χ2v) is 6.65. The predicted octanol–water partition coefficient (Wildman–Crippen LogP) is 3.17. The summed E-state index contributed by atoms with van der Waals surface area (Å²) >= 11 is 0. The molecule has 4 nitrogen and oxygen atoms in total. The van der Waals surface area contributed by atoms with Crippen molar-refractivity contribution in [3.63, 3.8) is 0 Å². The van der Waals surface area contributed by atoms with Crippen molar-refractivity contribution in [3.05, 3.63) is 70.8 Å². The van der Waals surface area contributed by atoms with E-state index < -0.39 is 6.10 Å². The number of hydrogen-bond acceptors (Lipinski definition) is 4. The highest BCUT2D eigenvalue weighted by Crippen LogP contribution is 2.24. The number of β-amino-alcohol motifs (C(OH)–C–C–N with tert-alkyl or cyclic N) is 1. The number of aliphatic hydroxyl groups excluding tert-OH is 1. The number of rotatable bonds is 3. The van der Waals surface area contributed by atoms with E-state index in [1.54, 1.807) is 12.1 Å². The van der Waals surface area contributed by atoms with Crippen LogP contribution >= 0.6 is 0 Å². The molecule has 3 heterocycles. The molecule has 1 aromatic carbocycles. The van der Waals surface area contributed by atoms with E-state index in [-0.39, 0.29) is 5.82 Å². The zero-order chi connectivity index (χ0) is 17.4. The molecular formula is C20H20FN3O. The monoisotopic (exact) mass is 337 g/mol. The van der Waals surface area contributed by atoms with E-state index in [9.17, 15) is 9.50 Å². The van der Waals surface area contributed by atoms with Crippen molar-refractivity contribution in [3.8, 4) is 0 Å². The average molecular weight is 337 g/mol. The lowest BCUT2D eigenvalue weighted by molar-refractivity contribution is 0.105. The minimum Gasteiger partial charge on any atom is -0.387 e. The van der Waals surface area contributed by atoms with Crippen molar-refractivity contribution in [1.82, 2.24) is 14.9 Å². The van der Waals surface area contributed by atoms with Gasteiger partial charge in [0.05, 0.1) is 6.10 Å². The van der Waals surface area contributed by atoms with Gasteiger partial charge >= 0.3 is 0 Å². The third-order valence-corrected chi connectivity index (χ3v) is 4.73. The summed E-state index contributed by atoms with van der Waals surface area (Å²) in [6.45, 7) is 4.09. The van der Waals surface area contributed by atoms with Crippen LogP contribution in [0.2, 0.25) is 0 Å². The van der Waals surface area contributed by atoms with Gasteiger partial charge in [0.1, 0.15) is 5.82 Å². The Hall–Kier alpha value is -2.37. The third-order valence-electron chi connectivity index (χ3n) is 4.73. The summed E-state index contributed by atoms with van der Waals surface area (Å²) in [6, 6.07) is 12.2. The predicted molar refractivity (Wildman–Crippen MR) is 94.6 cm³/mol. The van der Waals surface area contributed by atoms with Gasteiger partial charge in [-0.2, -0.15) is 0 Å². The molecule has 3 aromatic rings. The molecule has 1 N–H and O–H groups in total. The highest BCUT2D eigenvalue weighted by molar-refractivity contribution is 5.76. The van der Waals surface area contributed by atoms with E-state index >= 15 is 0 Å². The van der Waals surface area contributed by atoms with Crippen LogP contribution in [0.25, 0.3) is 11.0 Å². The number of benzene rings is 1. The Morgan fingerprint density at radius 2 is 1.96 bits per heavy atom. The molecule has 0 bridgehead atoms. The molecule has 1 aliphatic rings. The van der Waals surface area contributed by atoms with Crippen molar-refractivity contribution < 1.29 is 9.50 Å². The van der Waals surface area contributed by atoms with Crippen molar-refractivity contribution >= 4 is 11.0 Å². The summed E-state index contributed by atoms with van der Waals surface area (Å²) < 4.78 is 13.0. The number of aliphatic hydroxyl groups is 1. The highest BCUT2D eigenvalue weighted by atomic mass is 19.1. The molecule has 0 aliphatic carbocycles. The van der Waals surface area contributed by atoms with Gasteiger partial charge in [0, 0.05) is 42.8 Å². The minimum absolute atomic E-state index is 0.287. The first-order valence-electron chi connectivity index (χ1n) is 8.50. The lowest BCUT2D eigenvalue weighted by Gasteiger charge is -2.30. The topological polar surface area (TPSA) is 49.2 Å². The van der Waals surface area contributed by atoms with E-state index in [0.717, 1.165) is 47.5 Å². The molecule has 0 radical (unpaired) electrons. The van der Waals surface area contributed by atoms with E-state index in [4.69, 9.17) is 4.98 Å². The van der Waals surface area contributed by atoms with Crippen molar-refractivity contribution in [1.29, 1.82) is 0 Å². The molecule has 2 aromatic heterocycles. The maximum atomic E-state index is 13.0. The van der Waals surface area contributed by atoms with Crippen LogP contribution in [-0.4, -0.2) is 33.1 Å². The summed E-state index contributed by atoms with van der Waals surface area (Å²) in [6.07, 6.45) is 0.219. The summed E-state index contributed by atoms with van der Waals surface area (Å²) in [7, 11) is 0. The van der Waals surface area contributed by atoms with Gasteiger partial charge in [-0.1, -0.05) is 12.1 Å². The Labute approximate surface area is 146 Å². The second-order valence-electron chi connectivity index (χ2n) is 6.65.